The van der Waals surface area contributed by atoms with Crippen LogP contribution in [0.3, 0.4) is 0 Å². The monoisotopic (exact) mass is 404 g/mol. The van der Waals surface area contributed by atoms with E-state index in [-0.39, 0.29) is 19.3 Å². The topological polar surface area (TPSA) is 146 Å². The van der Waals surface area contributed by atoms with E-state index < -0.39 is 54.6 Å². The molecule has 0 bridgehead atoms. The first-order chi connectivity index (χ1) is 13.2. The third-order valence-electron chi connectivity index (χ3n) is 3.92. The van der Waals surface area contributed by atoms with Gasteiger partial charge in [0.25, 0.3) is 0 Å². The molecule has 10 heteroatoms. The molecule has 0 radical (unpaired) electrons. The maximum Gasteiger partial charge on any atom is 0.337 e. The molecule has 28 heavy (non-hydrogen) atoms. The van der Waals surface area contributed by atoms with Gasteiger partial charge in [0, 0.05) is 19.3 Å². The average molecular weight is 404 g/mol. The van der Waals surface area contributed by atoms with E-state index >= 15 is 0 Å². The van der Waals surface area contributed by atoms with Gasteiger partial charge in [-0.3, -0.25) is 14.4 Å². The van der Waals surface area contributed by atoms with Crippen LogP contribution < -0.4 is 0 Å². The first-order valence-electron chi connectivity index (χ1n) is 9.39. The fraction of sp³-hybridized carbons (Fsp3) is 0.778. The van der Waals surface area contributed by atoms with Crippen LogP contribution in [0, 0.1) is 0 Å². The highest BCUT2D eigenvalue weighted by Gasteiger charge is 2.54. The summed E-state index contributed by atoms with van der Waals surface area (Å²) < 4.78 is 20.6. The van der Waals surface area contributed by atoms with Crippen molar-refractivity contribution in [2.75, 3.05) is 0 Å². The predicted molar refractivity (Wildman–Crippen MR) is 92.9 cm³/mol. The van der Waals surface area contributed by atoms with Gasteiger partial charge in [-0.05, 0) is 19.3 Å². The smallest absolute Gasteiger partial charge is 0.337 e. The molecule has 1 heterocycles. The van der Waals surface area contributed by atoms with Crippen LogP contribution in [0.1, 0.15) is 59.3 Å². The molecule has 1 aliphatic rings. The van der Waals surface area contributed by atoms with Crippen LogP contribution in [-0.2, 0) is 38.1 Å². The SMILES string of the molecule is CCCC(=O)O[C@@H]1[C@@H](OC(=O)CCC)[C@H](O)O[C@H](C(=O)O)[C@H]1OC(=O)CCC. The van der Waals surface area contributed by atoms with Crippen molar-refractivity contribution in [3.8, 4) is 0 Å². The maximum absolute atomic E-state index is 12.0. The van der Waals surface area contributed by atoms with Crippen molar-refractivity contribution in [1.82, 2.24) is 0 Å². The third kappa shape index (κ3) is 6.75. The Morgan fingerprint density at radius 1 is 0.750 bits per heavy atom. The van der Waals surface area contributed by atoms with E-state index in [1.807, 2.05) is 0 Å². The molecule has 0 unspecified atom stereocenters. The average Bonchev–Trinajstić information content (AvgIpc) is 2.60. The van der Waals surface area contributed by atoms with Gasteiger partial charge in [0.05, 0.1) is 0 Å². The fourth-order valence-electron chi connectivity index (χ4n) is 2.66. The summed E-state index contributed by atoms with van der Waals surface area (Å²) in [5.74, 6) is -3.66. The Morgan fingerprint density at radius 3 is 1.54 bits per heavy atom. The standard InChI is InChI=1S/C18H28O10/c1-4-7-10(19)25-13-14(26-11(20)8-5-2)16(27-12(21)9-6-3)18(24)28-15(13)17(22)23/h13-16,18,24H,4-9H2,1-3H3,(H,22,23)/t13-,14-,15-,16+,18+/m0/s1. The van der Waals surface area contributed by atoms with Crippen molar-refractivity contribution in [2.24, 2.45) is 0 Å². The van der Waals surface area contributed by atoms with E-state index in [4.69, 9.17) is 18.9 Å². The van der Waals surface area contributed by atoms with Gasteiger partial charge in [0.15, 0.2) is 30.7 Å². The van der Waals surface area contributed by atoms with Crippen LogP contribution in [0.15, 0.2) is 0 Å². The second-order valence-corrected chi connectivity index (χ2v) is 6.40. The highest BCUT2D eigenvalue weighted by atomic mass is 16.7. The highest BCUT2D eigenvalue weighted by molar-refractivity contribution is 5.76. The summed E-state index contributed by atoms with van der Waals surface area (Å²) >= 11 is 0. The molecule has 1 rings (SSSR count). The lowest BCUT2D eigenvalue weighted by Crippen LogP contribution is -2.63. The van der Waals surface area contributed by atoms with E-state index in [1.165, 1.54) is 0 Å². The van der Waals surface area contributed by atoms with Crippen molar-refractivity contribution in [3.63, 3.8) is 0 Å². The molecule has 0 aromatic carbocycles. The molecule has 0 spiro atoms. The fourth-order valence-corrected chi connectivity index (χ4v) is 2.66. The zero-order chi connectivity index (χ0) is 21.3. The number of rotatable bonds is 10. The number of hydrogen-bond acceptors (Lipinski definition) is 9. The van der Waals surface area contributed by atoms with Crippen molar-refractivity contribution in [2.45, 2.75) is 90.0 Å². The summed E-state index contributed by atoms with van der Waals surface area (Å²) in [4.78, 5) is 47.5. The van der Waals surface area contributed by atoms with Crippen LogP contribution in [0.25, 0.3) is 0 Å². The van der Waals surface area contributed by atoms with Gasteiger partial charge in [-0.15, -0.1) is 0 Å². The second kappa shape index (κ2) is 11.6. The van der Waals surface area contributed by atoms with Gasteiger partial charge in [-0.2, -0.15) is 0 Å². The molecule has 0 aromatic heterocycles. The number of ether oxygens (including phenoxy) is 4. The molecule has 0 aromatic rings. The number of hydrogen-bond donors (Lipinski definition) is 2. The number of carbonyl (C=O) groups excluding carboxylic acids is 3. The van der Waals surface area contributed by atoms with E-state index in [0.717, 1.165) is 0 Å². The Labute approximate surface area is 163 Å². The molecule has 0 aliphatic carbocycles. The van der Waals surface area contributed by atoms with Crippen LogP contribution >= 0.6 is 0 Å². The minimum atomic E-state index is -1.87. The van der Waals surface area contributed by atoms with E-state index in [9.17, 15) is 29.4 Å². The quantitative estimate of drug-likeness (QED) is 0.398. The number of esters is 3. The normalized spacial score (nSPS) is 26.9. The van der Waals surface area contributed by atoms with Gasteiger partial charge >= 0.3 is 23.9 Å². The van der Waals surface area contributed by atoms with E-state index in [1.54, 1.807) is 20.8 Å². The van der Waals surface area contributed by atoms with E-state index in [0.29, 0.717) is 19.3 Å². The Kier molecular flexibility index (Phi) is 9.88. The summed E-state index contributed by atoms with van der Waals surface area (Å²) in [6.07, 6.45) is -6.90. The molecule has 0 amide bonds. The van der Waals surface area contributed by atoms with Gasteiger partial charge in [0.2, 0.25) is 0 Å². The number of aliphatic carboxylic acids is 1. The minimum absolute atomic E-state index is 0.00130. The Balaban J connectivity index is 3.20. The molecule has 1 fully saturated rings. The summed E-state index contributed by atoms with van der Waals surface area (Å²) in [6.45, 7) is 5.20. The summed E-state index contributed by atoms with van der Waals surface area (Å²) in [6, 6.07) is 0. The Bertz CT molecular complexity index is 561. The number of carbonyl (C=O) groups is 4. The third-order valence-corrected chi connectivity index (χ3v) is 3.92. The van der Waals surface area contributed by atoms with Crippen LogP contribution in [0.5, 0.6) is 0 Å². The zero-order valence-corrected chi connectivity index (χ0v) is 16.3. The predicted octanol–water partition coefficient (Wildman–Crippen LogP) is 0.924. The van der Waals surface area contributed by atoms with Crippen molar-refractivity contribution >= 4 is 23.9 Å². The van der Waals surface area contributed by atoms with Crippen molar-refractivity contribution < 1.29 is 48.3 Å². The van der Waals surface area contributed by atoms with Gasteiger partial charge in [-0.25, -0.2) is 4.79 Å². The van der Waals surface area contributed by atoms with Crippen LogP contribution in [0.2, 0.25) is 0 Å². The molecule has 10 nitrogen and oxygen atoms in total. The van der Waals surface area contributed by atoms with E-state index in [2.05, 4.69) is 0 Å². The van der Waals surface area contributed by atoms with Gasteiger partial charge in [0.1, 0.15) is 0 Å². The zero-order valence-electron chi connectivity index (χ0n) is 16.3. The second-order valence-electron chi connectivity index (χ2n) is 6.40. The lowest BCUT2D eigenvalue weighted by molar-refractivity contribution is -0.290. The Hall–Kier alpha value is -2.20. The van der Waals surface area contributed by atoms with Crippen LogP contribution in [0.4, 0.5) is 0 Å². The number of aliphatic hydroxyl groups is 1. The van der Waals surface area contributed by atoms with Gasteiger partial charge < -0.3 is 29.2 Å². The Morgan fingerprint density at radius 2 is 1.14 bits per heavy atom. The lowest BCUT2D eigenvalue weighted by atomic mass is 9.97. The molecule has 0 saturated carbocycles. The molecule has 1 saturated heterocycles. The molecule has 160 valence electrons. The van der Waals surface area contributed by atoms with Crippen molar-refractivity contribution in [3.05, 3.63) is 0 Å². The summed E-state index contributed by atoms with van der Waals surface area (Å²) in [5, 5.41) is 19.6. The molecule has 2 N–H and O–H groups in total. The minimum Gasteiger partial charge on any atom is -0.479 e. The number of carboxylic acids is 1. The lowest BCUT2D eigenvalue weighted by Gasteiger charge is -2.41. The first kappa shape index (κ1) is 23.8. The summed E-state index contributed by atoms with van der Waals surface area (Å²) in [7, 11) is 0. The number of aliphatic hydroxyl groups excluding tert-OH is 1. The van der Waals surface area contributed by atoms with Crippen molar-refractivity contribution in [1.29, 1.82) is 0 Å². The molecule has 5 atom stereocenters. The summed E-state index contributed by atoms with van der Waals surface area (Å²) in [5.41, 5.74) is 0. The largest absolute Gasteiger partial charge is 0.479 e. The highest BCUT2D eigenvalue weighted by Crippen LogP contribution is 2.29. The molecular formula is C18H28O10. The van der Waals surface area contributed by atoms with Crippen LogP contribution in [-0.4, -0.2) is 64.8 Å². The van der Waals surface area contributed by atoms with Gasteiger partial charge in [-0.1, -0.05) is 20.8 Å². The first-order valence-corrected chi connectivity index (χ1v) is 9.39. The number of carboxylic acid groups (broad SMARTS) is 1. The molecular weight excluding hydrogens is 376 g/mol. The molecule has 1 aliphatic heterocycles. The maximum atomic E-state index is 12.0.